The zero-order valence-corrected chi connectivity index (χ0v) is 9.80. The number of fused-ring (bicyclic) bond motifs is 1. The molecule has 0 aliphatic carbocycles. The van der Waals surface area contributed by atoms with Gasteiger partial charge in [0.25, 0.3) is 5.56 Å². The van der Waals surface area contributed by atoms with Crippen LogP contribution in [0.15, 0.2) is 15.0 Å². The first kappa shape index (κ1) is 10.7. The maximum Gasteiger partial charge on any atom is 0.327 e. The summed E-state index contributed by atoms with van der Waals surface area (Å²) in [7, 11) is 0. The van der Waals surface area contributed by atoms with Gasteiger partial charge in [-0.2, -0.15) is 0 Å². The molecule has 0 fully saturated rings. The van der Waals surface area contributed by atoms with Crippen LogP contribution in [0.5, 0.6) is 0 Å². The van der Waals surface area contributed by atoms with E-state index in [0.717, 1.165) is 5.69 Å². The summed E-state index contributed by atoms with van der Waals surface area (Å²) in [6.07, 6.45) is 0.420. The molecule has 9 heteroatoms. The molecule has 0 unspecified atom stereocenters. The van der Waals surface area contributed by atoms with Crippen LogP contribution in [0.25, 0.3) is 11.2 Å². The third-order valence-corrected chi connectivity index (χ3v) is 3.08. The Morgan fingerprint density at radius 2 is 2.06 bits per heavy atom. The highest BCUT2D eigenvalue weighted by Crippen LogP contribution is 2.14. The van der Waals surface area contributed by atoms with Crippen molar-refractivity contribution in [3.63, 3.8) is 0 Å². The Bertz CT molecular complexity index is 825. The summed E-state index contributed by atoms with van der Waals surface area (Å²) in [6, 6.07) is 0. The monoisotopic (exact) mass is 264 g/mol. The van der Waals surface area contributed by atoms with E-state index in [1.165, 1.54) is 11.3 Å². The molecule has 0 saturated carbocycles. The van der Waals surface area contributed by atoms with Gasteiger partial charge >= 0.3 is 5.69 Å². The predicted molar refractivity (Wildman–Crippen MR) is 66.7 cm³/mol. The zero-order valence-electron chi connectivity index (χ0n) is 8.98. The number of hydrogen-bond donors (Lipinski definition) is 4. The molecule has 0 aromatic carbocycles. The van der Waals surface area contributed by atoms with E-state index in [9.17, 15) is 9.59 Å². The molecule has 3 rings (SSSR count). The molecule has 0 bridgehead atoms. The number of H-pyrrole nitrogens is 3. The number of thiazole rings is 1. The highest BCUT2D eigenvalue weighted by Gasteiger charge is 2.09. The second-order valence-electron chi connectivity index (χ2n) is 3.67. The minimum atomic E-state index is -0.580. The number of imidazole rings is 1. The van der Waals surface area contributed by atoms with Crippen LogP contribution < -0.4 is 17.0 Å². The van der Waals surface area contributed by atoms with E-state index in [2.05, 4.69) is 24.9 Å². The molecule has 3 aromatic rings. The number of rotatable bonds is 2. The van der Waals surface area contributed by atoms with Gasteiger partial charge in [-0.1, -0.05) is 0 Å². The Morgan fingerprint density at radius 1 is 1.22 bits per heavy atom. The molecule has 8 nitrogen and oxygen atoms in total. The summed E-state index contributed by atoms with van der Waals surface area (Å²) in [5, 5.41) is 2.29. The number of anilines is 1. The summed E-state index contributed by atoms with van der Waals surface area (Å²) in [5.74, 6) is 0.544. The molecule has 0 atom stereocenters. The van der Waals surface area contributed by atoms with Crippen LogP contribution in [0.3, 0.4) is 0 Å². The lowest BCUT2D eigenvalue weighted by molar-refractivity contribution is 0.999. The molecule has 0 amide bonds. The minimum Gasteiger partial charge on any atom is -0.375 e. The molecule has 92 valence electrons. The number of nitrogens with two attached hydrogens (primary N) is 1. The third-order valence-electron chi connectivity index (χ3n) is 2.36. The zero-order chi connectivity index (χ0) is 12.7. The number of aromatic amines is 3. The van der Waals surface area contributed by atoms with Gasteiger partial charge in [0.05, 0.1) is 5.69 Å². The standard InChI is InChI=1S/C9H8N6O2S/c10-8-11-3(2-18-8)1-4-12-5-6(13-4)14-9(17)15-7(5)16/h2H,1H2,(H2,10,11)(H3,12,13,14,15,16,17). The lowest BCUT2D eigenvalue weighted by Crippen LogP contribution is -2.21. The van der Waals surface area contributed by atoms with Gasteiger partial charge in [-0.3, -0.25) is 14.8 Å². The summed E-state index contributed by atoms with van der Waals surface area (Å²) >= 11 is 1.34. The van der Waals surface area contributed by atoms with E-state index in [4.69, 9.17) is 5.73 Å². The van der Waals surface area contributed by atoms with E-state index in [-0.39, 0.29) is 11.2 Å². The Labute approximate surface area is 103 Å². The highest BCUT2D eigenvalue weighted by molar-refractivity contribution is 7.13. The number of nitrogens with zero attached hydrogens (tertiary/aromatic N) is 2. The van der Waals surface area contributed by atoms with Gasteiger partial charge in [0.2, 0.25) is 0 Å². The molecular weight excluding hydrogens is 256 g/mol. The van der Waals surface area contributed by atoms with Crippen molar-refractivity contribution < 1.29 is 0 Å². The van der Waals surface area contributed by atoms with Crippen molar-refractivity contribution in [2.45, 2.75) is 6.42 Å². The Morgan fingerprint density at radius 3 is 2.78 bits per heavy atom. The second-order valence-corrected chi connectivity index (χ2v) is 4.56. The summed E-state index contributed by atoms with van der Waals surface area (Å²) in [6.45, 7) is 0. The van der Waals surface area contributed by atoms with Crippen LogP contribution in [-0.2, 0) is 6.42 Å². The van der Waals surface area contributed by atoms with Crippen molar-refractivity contribution >= 4 is 27.6 Å². The highest BCUT2D eigenvalue weighted by atomic mass is 32.1. The van der Waals surface area contributed by atoms with Gasteiger partial charge < -0.3 is 10.7 Å². The van der Waals surface area contributed by atoms with E-state index in [1.807, 2.05) is 5.38 Å². The molecule has 0 saturated heterocycles. The van der Waals surface area contributed by atoms with Gasteiger partial charge in [0, 0.05) is 11.8 Å². The van der Waals surface area contributed by atoms with Crippen molar-refractivity contribution in [2.24, 2.45) is 0 Å². The van der Waals surface area contributed by atoms with Crippen LogP contribution in [0, 0.1) is 0 Å². The van der Waals surface area contributed by atoms with E-state index < -0.39 is 11.2 Å². The van der Waals surface area contributed by atoms with E-state index >= 15 is 0 Å². The Kier molecular flexibility index (Phi) is 2.27. The van der Waals surface area contributed by atoms with Crippen LogP contribution in [-0.4, -0.2) is 24.9 Å². The molecule has 5 N–H and O–H groups in total. The average molecular weight is 264 g/mol. The Hall–Kier alpha value is -2.42. The lowest BCUT2D eigenvalue weighted by atomic mass is 10.3. The minimum absolute atomic E-state index is 0.238. The third kappa shape index (κ3) is 1.80. The van der Waals surface area contributed by atoms with E-state index in [0.29, 0.717) is 17.4 Å². The predicted octanol–water partition coefficient (Wildman–Crippen LogP) is -0.431. The van der Waals surface area contributed by atoms with Gasteiger partial charge in [0.15, 0.2) is 10.8 Å². The van der Waals surface area contributed by atoms with Crippen molar-refractivity contribution in [1.82, 2.24) is 24.9 Å². The maximum atomic E-state index is 11.5. The largest absolute Gasteiger partial charge is 0.375 e. The van der Waals surface area contributed by atoms with Gasteiger partial charge in [0.1, 0.15) is 11.3 Å². The first-order valence-electron chi connectivity index (χ1n) is 5.03. The second kappa shape index (κ2) is 3.81. The quantitative estimate of drug-likeness (QED) is 0.498. The van der Waals surface area contributed by atoms with Crippen LogP contribution in [0.4, 0.5) is 5.13 Å². The van der Waals surface area contributed by atoms with Crippen LogP contribution in [0.1, 0.15) is 11.5 Å². The molecule has 0 spiro atoms. The fourth-order valence-electron chi connectivity index (χ4n) is 1.64. The van der Waals surface area contributed by atoms with Crippen molar-refractivity contribution in [1.29, 1.82) is 0 Å². The number of nitrogen functional groups attached to an aromatic ring is 1. The molecule has 3 heterocycles. The Balaban J connectivity index is 2.06. The molecule has 3 aromatic heterocycles. The summed E-state index contributed by atoms with van der Waals surface area (Å²) in [5.41, 5.74) is 5.69. The maximum absolute atomic E-state index is 11.5. The smallest absolute Gasteiger partial charge is 0.327 e. The van der Waals surface area contributed by atoms with Gasteiger partial charge in [-0.25, -0.2) is 14.8 Å². The fourth-order valence-corrected chi connectivity index (χ4v) is 2.20. The van der Waals surface area contributed by atoms with Crippen molar-refractivity contribution in [3.8, 4) is 0 Å². The van der Waals surface area contributed by atoms with Crippen molar-refractivity contribution in [2.75, 3.05) is 5.73 Å². The molecule has 0 aliphatic heterocycles. The first-order valence-corrected chi connectivity index (χ1v) is 5.91. The number of hydrogen-bond acceptors (Lipinski definition) is 6. The van der Waals surface area contributed by atoms with E-state index in [1.54, 1.807) is 0 Å². The normalized spacial score (nSPS) is 11.1. The SMILES string of the molecule is Nc1nc(Cc2nc3[nH]c(=O)[nH]c(=O)c3[nH]2)cs1. The first-order chi connectivity index (χ1) is 8.61. The number of nitrogens with one attached hydrogen (secondary N) is 3. The molecule has 0 aliphatic rings. The van der Waals surface area contributed by atoms with Gasteiger partial charge in [-0.05, 0) is 0 Å². The topological polar surface area (TPSA) is 133 Å². The fraction of sp³-hybridized carbons (Fsp3) is 0.111. The average Bonchev–Trinajstić information content (AvgIpc) is 2.85. The van der Waals surface area contributed by atoms with Crippen molar-refractivity contribution in [3.05, 3.63) is 37.7 Å². The molecular formula is C9H8N6O2S. The number of aromatic nitrogens is 5. The lowest BCUT2D eigenvalue weighted by Gasteiger charge is -1.89. The van der Waals surface area contributed by atoms with Crippen LogP contribution >= 0.6 is 11.3 Å². The molecule has 18 heavy (non-hydrogen) atoms. The summed E-state index contributed by atoms with van der Waals surface area (Å²) < 4.78 is 0. The molecule has 0 radical (unpaired) electrons. The van der Waals surface area contributed by atoms with Gasteiger partial charge in [-0.15, -0.1) is 11.3 Å². The van der Waals surface area contributed by atoms with Crippen LogP contribution in [0.2, 0.25) is 0 Å². The summed E-state index contributed by atoms with van der Waals surface area (Å²) in [4.78, 5) is 38.2.